The third-order valence-electron chi connectivity index (χ3n) is 5.04. The lowest BCUT2D eigenvalue weighted by Crippen LogP contribution is -2.43. The van der Waals surface area contributed by atoms with E-state index in [1.165, 1.54) is 57.5 Å². The molecule has 0 aliphatic heterocycles. The summed E-state index contributed by atoms with van der Waals surface area (Å²) in [7, 11) is 0. The number of hydrogen-bond acceptors (Lipinski definition) is 4. The normalized spacial score (nSPS) is 11.8. The van der Waals surface area contributed by atoms with Gasteiger partial charge in [-0.2, -0.15) is 0 Å². The number of rotatable bonds is 18. The predicted octanol–water partition coefficient (Wildman–Crippen LogP) is 3.34. The molecule has 1 rings (SSSR count). The van der Waals surface area contributed by atoms with Crippen LogP contribution in [0, 0.1) is 0 Å². The van der Waals surface area contributed by atoms with Crippen molar-refractivity contribution in [3.05, 3.63) is 18.2 Å². The largest absolute Gasteiger partial charge is 0.480 e. The van der Waals surface area contributed by atoms with Crippen LogP contribution in [0.2, 0.25) is 0 Å². The predicted molar refractivity (Wildman–Crippen MR) is 116 cm³/mol. The molecule has 170 valence electrons. The minimum atomic E-state index is -1.11. The van der Waals surface area contributed by atoms with Gasteiger partial charge in [0.05, 0.1) is 6.33 Å². The Bertz CT molecular complexity index is 604. The van der Waals surface area contributed by atoms with E-state index in [0.717, 1.165) is 19.3 Å². The standard InChI is InChI=1S/C22H38N4O4/c1-2-3-4-5-6-7-8-9-10-11-12-20(27)24-14-13-21(28)26-19(22(29)30)15-18-16-23-17-25-18/h16-17,19H,2-15H2,1H3,(H,23,25)(H,24,27)(H,26,28)(H,29,30). The van der Waals surface area contributed by atoms with Crippen molar-refractivity contribution in [2.24, 2.45) is 0 Å². The molecule has 0 aromatic carbocycles. The number of carboxylic acids is 1. The van der Waals surface area contributed by atoms with Crippen molar-refractivity contribution < 1.29 is 19.5 Å². The van der Waals surface area contributed by atoms with Gasteiger partial charge in [-0.05, 0) is 6.42 Å². The van der Waals surface area contributed by atoms with Gasteiger partial charge in [-0.3, -0.25) is 9.59 Å². The van der Waals surface area contributed by atoms with Crippen molar-refractivity contribution in [1.82, 2.24) is 20.6 Å². The lowest BCUT2D eigenvalue weighted by Gasteiger charge is -2.13. The van der Waals surface area contributed by atoms with Gasteiger partial charge in [-0.25, -0.2) is 9.78 Å². The fraction of sp³-hybridized carbons (Fsp3) is 0.727. The number of carbonyl (C=O) groups excluding carboxylic acids is 2. The Morgan fingerprint density at radius 1 is 0.967 bits per heavy atom. The molecule has 8 heteroatoms. The number of nitrogens with zero attached hydrogens (tertiary/aromatic N) is 1. The van der Waals surface area contributed by atoms with E-state index in [1.807, 2.05) is 0 Å². The maximum atomic E-state index is 12.0. The molecule has 4 N–H and O–H groups in total. The van der Waals surface area contributed by atoms with E-state index >= 15 is 0 Å². The summed E-state index contributed by atoms with van der Waals surface area (Å²) in [6.45, 7) is 2.43. The fourth-order valence-corrected chi connectivity index (χ4v) is 3.26. The first-order valence-electron chi connectivity index (χ1n) is 11.3. The van der Waals surface area contributed by atoms with Crippen molar-refractivity contribution in [2.45, 2.75) is 96.4 Å². The molecule has 1 atom stereocenters. The summed E-state index contributed by atoms with van der Waals surface area (Å²) in [5, 5.41) is 14.4. The molecule has 1 aromatic heterocycles. The third kappa shape index (κ3) is 13.0. The SMILES string of the molecule is CCCCCCCCCCCCC(=O)NCCC(=O)NC(Cc1cnc[nH]1)C(=O)O. The van der Waals surface area contributed by atoms with E-state index in [9.17, 15) is 19.5 Å². The summed E-state index contributed by atoms with van der Waals surface area (Å²) < 4.78 is 0. The molecular weight excluding hydrogens is 384 g/mol. The van der Waals surface area contributed by atoms with Gasteiger partial charge in [0.25, 0.3) is 0 Å². The Labute approximate surface area is 179 Å². The second-order valence-corrected chi connectivity index (χ2v) is 7.77. The van der Waals surface area contributed by atoms with Crippen LogP contribution in [0.15, 0.2) is 12.5 Å². The van der Waals surface area contributed by atoms with Crippen molar-refractivity contribution in [2.75, 3.05) is 6.54 Å². The van der Waals surface area contributed by atoms with E-state index in [0.29, 0.717) is 12.1 Å². The monoisotopic (exact) mass is 422 g/mol. The zero-order valence-electron chi connectivity index (χ0n) is 18.3. The lowest BCUT2D eigenvalue weighted by atomic mass is 10.1. The summed E-state index contributed by atoms with van der Waals surface area (Å²) >= 11 is 0. The van der Waals surface area contributed by atoms with Gasteiger partial charge in [0.15, 0.2) is 0 Å². The summed E-state index contributed by atoms with van der Waals surface area (Å²) in [5.41, 5.74) is 0.632. The minimum absolute atomic E-state index is 0.0521. The Balaban J connectivity index is 2.03. The molecule has 8 nitrogen and oxygen atoms in total. The van der Waals surface area contributed by atoms with Gasteiger partial charge in [-0.1, -0.05) is 64.7 Å². The van der Waals surface area contributed by atoms with Gasteiger partial charge < -0.3 is 20.7 Å². The summed E-state index contributed by atoms with van der Waals surface area (Å²) in [6.07, 6.45) is 15.8. The van der Waals surface area contributed by atoms with Crippen LogP contribution in [0.3, 0.4) is 0 Å². The van der Waals surface area contributed by atoms with E-state index in [1.54, 1.807) is 0 Å². The Kier molecular flexibility index (Phi) is 14.0. The molecule has 1 heterocycles. The second-order valence-electron chi connectivity index (χ2n) is 7.77. The Hall–Kier alpha value is -2.38. The van der Waals surface area contributed by atoms with Crippen LogP contribution in [-0.2, 0) is 20.8 Å². The van der Waals surface area contributed by atoms with Gasteiger partial charge in [0.2, 0.25) is 11.8 Å². The molecule has 1 unspecified atom stereocenters. The van der Waals surface area contributed by atoms with Crippen LogP contribution in [0.25, 0.3) is 0 Å². The molecule has 0 saturated heterocycles. The average molecular weight is 423 g/mol. The lowest BCUT2D eigenvalue weighted by molar-refractivity contribution is -0.141. The van der Waals surface area contributed by atoms with Gasteiger partial charge in [-0.15, -0.1) is 0 Å². The maximum Gasteiger partial charge on any atom is 0.326 e. The number of unbranched alkanes of at least 4 members (excludes halogenated alkanes) is 9. The average Bonchev–Trinajstić information content (AvgIpc) is 3.22. The zero-order valence-corrected chi connectivity index (χ0v) is 18.3. The Morgan fingerprint density at radius 3 is 2.17 bits per heavy atom. The first kappa shape index (κ1) is 25.7. The molecule has 0 fully saturated rings. The van der Waals surface area contributed by atoms with E-state index in [-0.39, 0.29) is 25.3 Å². The smallest absolute Gasteiger partial charge is 0.326 e. The van der Waals surface area contributed by atoms with Crippen LogP contribution in [0.5, 0.6) is 0 Å². The zero-order chi connectivity index (χ0) is 22.0. The number of carbonyl (C=O) groups is 3. The van der Waals surface area contributed by atoms with Crippen molar-refractivity contribution >= 4 is 17.8 Å². The highest BCUT2D eigenvalue weighted by Crippen LogP contribution is 2.11. The van der Waals surface area contributed by atoms with Crippen molar-refractivity contribution in [3.63, 3.8) is 0 Å². The molecule has 0 aliphatic carbocycles. The molecule has 0 aliphatic rings. The first-order valence-corrected chi connectivity index (χ1v) is 11.3. The molecule has 0 spiro atoms. The third-order valence-corrected chi connectivity index (χ3v) is 5.04. The number of imidazole rings is 1. The van der Waals surface area contributed by atoms with Crippen LogP contribution in [0.1, 0.15) is 89.7 Å². The molecule has 0 saturated carbocycles. The van der Waals surface area contributed by atoms with Crippen LogP contribution >= 0.6 is 0 Å². The van der Waals surface area contributed by atoms with Crippen LogP contribution in [-0.4, -0.2) is 45.4 Å². The van der Waals surface area contributed by atoms with Crippen molar-refractivity contribution in [1.29, 1.82) is 0 Å². The highest BCUT2D eigenvalue weighted by Gasteiger charge is 2.20. The number of nitrogens with one attached hydrogen (secondary N) is 3. The molecule has 2 amide bonds. The van der Waals surface area contributed by atoms with E-state index < -0.39 is 17.9 Å². The molecule has 30 heavy (non-hydrogen) atoms. The highest BCUT2D eigenvalue weighted by molar-refractivity contribution is 5.84. The summed E-state index contributed by atoms with van der Waals surface area (Å²) in [4.78, 5) is 41.8. The number of H-pyrrole nitrogens is 1. The number of aromatic nitrogens is 2. The summed E-state index contributed by atoms with van der Waals surface area (Å²) in [6, 6.07) is -1.03. The maximum absolute atomic E-state index is 12.0. The van der Waals surface area contributed by atoms with Crippen LogP contribution < -0.4 is 10.6 Å². The molecule has 0 bridgehead atoms. The molecular formula is C22H38N4O4. The van der Waals surface area contributed by atoms with Gasteiger partial charge in [0, 0.05) is 37.7 Å². The fourth-order valence-electron chi connectivity index (χ4n) is 3.26. The minimum Gasteiger partial charge on any atom is -0.480 e. The Morgan fingerprint density at radius 2 is 1.60 bits per heavy atom. The van der Waals surface area contributed by atoms with E-state index in [2.05, 4.69) is 27.5 Å². The number of amides is 2. The molecule has 1 aromatic rings. The first-order chi connectivity index (χ1) is 14.5. The molecule has 0 radical (unpaired) electrons. The van der Waals surface area contributed by atoms with Crippen molar-refractivity contribution in [3.8, 4) is 0 Å². The topological polar surface area (TPSA) is 124 Å². The summed E-state index contributed by atoms with van der Waals surface area (Å²) in [5.74, 6) is -1.57. The van der Waals surface area contributed by atoms with E-state index in [4.69, 9.17) is 0 Å². The number of carboxylic acid groups (broad SMARTS) is 1. The van der Waals surface area contributed by atoms with Gasteiger partial charge >= 0.3 is 5.97 Å². The van der Waals surface area contributed by atoms with Gasteiger partial charge in [0.1, 0.15) is 6.04 Å². The second kappa shape index (κ2) is 16.4. The number of aliphatic carboxylic acids is 1. The van der Waals surface area contributed by atoms with Crippen LogP contribution in [0.4, 0.5) is 0 Å². The number of aromatic amines is 1. The quantitative estimate of drug-likeness (QED) is 0.270. The highest BCUT2D eigenvalue weighted by atomic mass is 16.4. The number of hydrogen-bond donors (Lipinski definition) is 4.